The highest BCUT2D eigenvalue weighted by Gasteiger charge is 2.07. The quantitative estimate of drug-likeness (QED) is 0.345. The Morgan fingerprint density at radius 1 is 1.18 bits per heavy atom. The third-order valence-electron chi connectivity index (χ3n) is 4.19. The lowest BCUT2D eigenvalue weighted by Crippen LogP contribution is -2.42. The van der Waals surface area contributed by atoms with Crippen LogP contribution in [0.4, 0.5) is 0 Å². The average molecular weight is 401 g/mol. The van der Waals surface area contributed by atoms with E-state index in [1.807, 2.05) is 60.0 Å². The summed E-state index contributed by atoms with van der Waals surface area (Å²) in [5.41, 5.74) is 0.873. The minimum Gasteiger partial charge on any atom is -0.489 e. The van der Waals surface area contributed by atoms with Crippen molar-refractivity contribution in [3.63, 3.8) is 0 Å². The number of nitrogens with zero attached hydrogens (tertiary/aromatic N) is 4. The van der Waals surface area contributed by atoms with E-state index in [1.54, 1.807) is 7.05 Å². The number of benzene rings is 1. The largest absolute Gasteiger partial charge is 0.489 e. The van der Waals surface area contributed by atoms with E-state index in [4.69, 9.17) is 16.3 Å². The van der Waals surface area contributed by atoms with Crippen molar-refractivity contribution in [1.82, 2.24) is 25.2 Å². The fraction of sp³-hybridized carbons (Fsp3) is 0.350. The van der Waals surface area contributed by atoms with Crippen LogP contribution >= 0.6 is 11.6 Å². The predicted molar refractivity (Wildman–Crippen MR) is 112 cm³/mol. The first-order valence-electron chi connectivity index (χ1n) is 9.31. The van der Waals surface area contributed by atoms with Crippen LogP contribution < -0.4 is 15.4 Å². The minimum atomic E-state index is -0.0120. The molecule has 148 valence electrons. The van der Waals surface area contributed by atoms with Gasteiger partial charge < -0.3 is 15.4 Å². The number of fused-ring (bicyclic) bond motifs is 1. The molecule has 7 nitrogen and oxygen atoms in total. The van der Waals surface area contributed by atoms with Crippen LogP contribution in [0.25, 0.3) is 5.65 Å². The number of rotatable bonds is 8. The van der Waals surface area contributed by atoms with E-state index in [1.165, 1.54) is 0 Å². The first kappa shape index (κ1) is 19.9. The second-order valence-corrected chi connectivity index (χ2v) is 6.85. The van der Waals surface area contributed by atoms with Crippen LogP contribution in [0, 0.1) is 0 Å². The molecule has 0 saturated heterocycles. The molecule has 0 saturated carbocycles. The highest BCUT2D eigenvalue weighted by molar-refractivity contribution is 6.30. The zero-order chi connectivity index (χ0) is 19.8. The SMILES string of the molecule is CN=C(NCCCc1nnc2ccccn12)NCC(C)Oc1ccc(Cl)cc1. The van der Waals surface area contributed by atoms with Gasteiger partial charge in [-0.1, -0.05) is 17.7 Å². The van der Waals surface area contributed by atoms with E-state index in [-0.39, 0.29) is 6.10 Å². The van der Waals surface area contributed by atoms with Crippen LogP contribution in [-0.2, 0) is 6.42 Å². The summed E-state index contributed by atoms with van der Waals surface area (Å²) in [4.78, 5) is 4.25. The summed E-state index contributed by atoms with van der Waals surface area (Å²) in [5.74, 6) is 2.50. The van der Waals surface area contributed by atoms with Crippen molar-refractivity contribution in [3.8, 4) is 5.75 Å². The van der Waals surface area contributed by atoms with Gasteiger partial charge in [0, 0.05) is 31.2 Å². The molecule has 0 fully saturated rings. The van der Waals surface area contributed by atoms with Gasteiger partial charge in [0.05, 0.1) is 6.54 Å². The summed E-state index contributed by atoms with van der Waals surface area (Å²) in [6, 6.07) is 13.3. The van der Waals surface area contributed by atoms with E-state index in [0.717, 1.165) is 42.6 Å². The smallest absolute Gasteiger partial charge is 0.191 e. The maximum atomic E-state index is 5.89. The molecule has 0 aliphatic rings. The van der Waals surface area contributed by atoms with Crippen molar-refractivity contribution in [2.75, 3.05) is 20.1 Å². The number of guanidine groups is 1. The lowest BCUT2D eigenvalue weighted by Gasteiger charge is -2.17. The fourth-order valence-corrected chi connectivity index (χ4v) is 2.89. The van der Waals surface area contributed by atoms with E-state index in [9.17, 15) is 0 Å². The number of hydrogen-bond donors (Lipinski definition) is 2. The molecule has 2 heterocycles. The molecule has 3 aromatic rings. The predicted octanol–water partition coefficient (Wildman–Crippen LogP) is 2.95. The van der Waals surface area contributed by atoms with Gasteiger partial charge in [-0.05, 0) is 49.7 Å². The van der Waals surface area contributed by atoms with Gasteiger partial charge in [-0.2, -0.15) is 0 Å². The molecule has 0 aliphatic heterocycles. The van der Waals surface area contributed by atoms with E-state index < -0.39 is 0 Å². The monoisotopic (exact) mass is 400 g/mol. The highest BCUT2D eigenvalue weighted by Crippen LogP contribution is 2.16. The minimum absolute atomic E-state index is 0.0120. The zero-order valence-electron chi connectivity index (χ0n) is 16.1. The third-order valence-corrected chi connectivity index (χ3v) is 4.44. The molecule has 28 heavy (non-hydrogen) atoms. The van der Waals surface area contributed by atoms with Gasteiger partial charge >= 0.3 is 0 Å². The normalized spacial score (nSPS) is 12.8. The van der Waals surface area contributed by atoms with Crippen LogP contribution in [-0.4, -0.2) is 46.8 Å². The molecule has 8 heteroatoms. The average Bonchev–Trinajstić information content (AvgIpc) is 3.12. The molecule has 1 atom stereocenters. The Labute approximate surface area is 169 Å². The Balaban J connectivity index is 1.38. The van der Waals surface area contributed by atoms with Gasteiger partial charge in [0.2, 0.25) is 0 Å². The number of aromatic nitrogens is 3. The molecule has 2 aromatic heterocycles. The maximum absolute atomic E-state index is 5.89. The Hall–Kier alpha value is -2.80. The highest BCUT2D eigenvalue weighted by atomic mass is 35.5. The number of hydrogen-bond acceptors (Lipinski definition) is 4. The van der Waals surface area contributed by atoms with Crippen LogP contribution in [0.2, 0.25) is 5.02 Å². The number of aryl methyl sites for hydroxylation is 1. The first-order valence-corrected chi connectivity index (χ1v) is 9.69. The second kappa shape index (κ2) is 9.94. The summed E-state index contributed by atoms with van der Waals surface area (Å²) >= 11 is 5.89. The summed E-state index contributed by atoms with van der Waals surface area (Å²) in [6.45, 7) is 3.43. The lowest BCUT2D eigenvalue weighted by atomic mass is 10.3. The van der Waals surface area contributed by atoms with Crippen molar-refractivity contribution >= 4 is 23.2 Å². The Bertz CT molecular complexity index is 908. The van der Waals surface area contributed by atoms with Crippen molar-refractivity contribution in [2.24, 2.45) is 4.99 Å². The molecular formula is C20H25ClN6O. The maximum Gasteiger partial charge on any atom is 0.191 e. The van der Waals surface area contributed by atoms with Crippen LogP contribution in [0.3, 0.4) is 0 Å². The van der Waals surface area contributed by atoms with E-state index in [2.05, 4.69) is 25.8 Å². The van der Waals surface area contributed by atoms with Gasteiger partial charge in [0.25, 0.3) is 0 Å². The van der Waals surface area contributed by atoms with Crippen molar-refractivity contribution in [2.45, 2.75) is 25.9 Å². The molecule has 1 unspecified atom stereocenters. The van der Waals surface area contributed by atoms with E-state index in [0.29, 0.717) is 11.6 Å². The zero-order valence-corrected chi connectivity index (χ0v) is 16.9. The Kier molecular flexibility index (Phi) is 7.08. The Morgan fingerprint density at radius 3 is 2.79 bits per heavy atom. The molecular weight excluding hydrogens is 376 g/mol. The van der Waals surface area contributed by atoms with Gasteiger partial charge in [-0.3, -0.25) is 9.39 Å². The van der Waals surface area contributed by atoms with Gasteiger partial charge in [0.15, 0.2) is 11.6 Å². The van der Waals surface area contributed by atoms with Crippen LogP contribution in [0.1, 0.15) is 19.2 Å². The van der Waals surface area contributed by atoms with Gasteiger partial charge in [0.1, 0.15) is 17.7 Å². The van der Waals surface area contributed by atoms with Gasteiger partial charge in [-0.25, -0.2) is 0 Å². The van der Waals surface area contributed by atoms with E-state index >= 15 is 0 Å². The van der Waals surface area contributed by atoms with Crippen LogP contribution in [0.15, 0.2) is 53.7 Å². The molecule has 0 bridgehead atoms. The number of nitrogens with one attached hydrogen (secondary N) is 2. The van der Waals surface area contributed by atoms with Crippen molar-refractivity contribution in [1.29, 1.82) is 0 Å². The molecule has 1 aromatic carbocycles. The molecule has 0 aliphatic carbocycles. The number of pyridine rings is 1. The van der Waals surface area contributed by atoms with Crippen LogP contribution in [0.5, 0.6) is 5.75 Å². The standard InChI is InChI=1S/C20H25ClN6O/c1-15(28-17-10-8-16(21)9-11-17)14-24-20(22-2)23-12-5-7-19-26-25-18-6-3-4-13-27(18)19/h3-4,6,8-11,13,15H,5,7,12,14H2,1-2H3,(H2,22,23,24). The Morgan fingerprint density at radius 2 is 2.00 bits per heavy atom. The van der Waals surface area contributed by atoms with Gasteiger partial charge in [-0.15, -0.1) is 10.2 Å². The summed E-state index contributed by atoms with van der Waals surface area (Å²) < 4.78 is 7.87. The first-order chi connectivity index (χ1) is 13.7. The lowest BCUT2D eigenvalue weighted by molar-refractivity contribution is 0.224. The summed E-state index contributed by atoms with van der Waals surface area (Å²) in [5, 5.41) is 15.7. The number of ether oxygens (including phenoxy) is 1. The second-order valence-electron chi connectivity index (χ2n) is 6.41. The molecule has 0 amide bonds. The molecule has 0 spiro atoms. The topological polar surface area (TPSA) is 75.8 Å². The molecule has 2 N–H and O–H groups in total. The summed E-state index contributed by atoms with van der Waals surface area (Å²) in [7, 11) is 1.76. The third kappa shape index (κ3) is 5.60. The molecule has 0 radical (unpaired) electrons. The summed E-state index contributed by atoms with van der Waals surface area (Å²) in [6.07, 6.45) is 3.74. The number of halogens is 1. The van der Waals surface area contributed by atoms with Crippen molar-refractivity contribution in [3.05, 3.63) is 59.5 Å². The number of aliphatic imine (C=N–C) groups is 1. The molecule has 3 rings (SSSR count). The van der Waals surface area contributed by atoms with Crippen molar-refractivity contribution < 1.29 is 4.74 Å². The fourth-order valence-electron chi connectivity index (χ4n) is 2.76.